The summed E-state index contributed by atoms with van der Waals surface area (Å²) in [6, 6.07) is -0.207. The molecule has 0 atom stereocenters. The second-order valence-electron chi connectivity index (χ2n) is 6.66. The smallest absolute Gasteiger partial charge is 0.325 e. The van der Waals surface area contributed by atoms with Crippen LogP contribution in [0.25, 0.3) is 0 Å². The third-order valence-electron chi connectivity index (χ3n) is 4.08. The van der Waals surface area contributed by atoms with Crippen LogP contribution in [0.3, 0.4) is 0 Å². The number of rotatable bonds is 3. The molecule has 0 aliphatic carbocycles. The van der Waals surface area contributed by atoms with Gasteiger partial charge < -0.3 is 5.73 Å². The van der Waals surface area contributed by atoms with E-state index in [2.05, 4.69) is 39.2 Å². The first-order chi connectivity index (χ1) is 9.03. The lowest BCUT2D eigenvalue weighted by atomic mass is 9.76. The van der Waals surface area contributed by atoms with Crippen LogP contribution in [-0.2, 0) is 9.59 Å². The molecule has 1 fully saturated rings. The molecule has 0 aromatic carbocycles. The van der Waals surface area contributed by atoms with Gasteiger partial charge in [-0.3, -0.25) is 19.5 Å². The number of carbonyl (C=O) groups is 2. The summed E-state index contributed by atoms with van der Waals surface area (Å²) in [5, 5.41) is 0.997. The van der Waals surface area contributed by atoms with Crippen molar-refractivity contribution in [3.63, 3.8) is 0 Å². The molecule has 114 valence electrons. The van der Waals surface area contributed by atoms with Crippen molar-refractivity contribution in [1.29, 1.82) is 0 Å². The number of piperidine rings is 1. The molecule has 0 aromatic rings. The van der Waals surface area contributed by atoms with E-state index < -0.39 is 11.8 Å². The molecule has 0 radical (unpaired) electrons. The molecule has 1 aliphatic rings. The van der Waals surface area contributed by atoms with Crippen molar-refractivity contribution < 1.29 is 9.59 Å². The molecular weight excluding hydrogens is 256 g/mol. The Morgan fingerprint density at radius 1 is 1.30 bits per heavy atom. The summed E-state index contributed by atoms with van der Waals surface area (Å²) in [7, 11) is 0. The van der Waals surface area contributed by atoms with Gasteiger partial charge in [0.2, 0.25) is 0 Å². The van der Waals surface area contributed by atoms with Crippen molar-refractivity contribution in [2.75, 3.05) is 6.54 Å². The number of hydrazine groups is 1. The number of nitrogens with two attached hydrogens (primary N) is 2. The van der Waals surface area contributed by atoms with Crippen molar-refractivity contribution in [2.45, 2.75) is 57.7 Å². The first kappa shape index (κ1) is 16.7. The topological polar surface area (TPSA) is 92.7 Å². The number of hydrogen-bond acceptors (Lipinski definition) is 4. The van der Waals surface area contributed by atoms with Crippen LogP contribution in [0.2, 0.25) is 0 Å². The number of nitrogens with zero attached hydrogens (tertiary/aromatic N) is 2. The molecule has 0 unspecified atom stereocenters. The summed E-state index contributed by atoms with van der Waals surface area (Å²) in [5.41, 5.74) is 4.71. The Labute approximate surface area is 120 Å². The van der Waals surface area contributed by atoms with E-state index in [1.807, 2.05) is 6.08 Å². The molecule has 1 rings (SSSR count). The fourth-order valence-corrected chi connectivity index (χ4v) is 3.38. The summed E-state index contributed by atoms with van der Waals surface area (Å²) < 4.78 is 0. The van der Waals surface area contributed by atoms with Crippen LogP contribution in [0.4, 0.5) is 0 Å². The zero-order valence-corrected chi connectivity index (χ0v) is 12.8. The van der Waals surface area contributed by atoms with E-state index in [0.29, 0.717) is 12.8 Å². The minimum absolute atomic E-state index is 0.157. The highest BCUT2D eigenvalue weighted by molar-refractivity contribution is 6.34. The van der Waals surface area contributed by atoms with Crippen LogP contribution in [0.15, 0.2) is 12.7 Å². The van der Waals surface area contributed by atoms with E-state index in [1.165, 1.54) is 0 Å². The van der Waals surface area contributed by atoms with Gasteiger partial charge in [0, 0.05) is 17.6 Å². The van der Waals surface area contributed by atoms with Gasteiger partial charge in [0.1, 0.15) is 0 Å². The van der Waals surface area contributed by atoms with Gasteiger partial charge in [0.15, 0.2) is 0 Å². The second-order valence-corrected chi connectivity index (χ2v) is 6.66. The number of primary amides is 1. The van der Waals surface area contributed by atoms with Gasteiger partial charge in [0.05, 0.1) is 6.04 Å². The molecule has 2 amide bonds. The normalized spacial score (nSPS) is 22.2. The zero-order valence-electron chi connectivity index (χ0n) is 12.8. The van der Waals surface area contributed by atoms with E-state index in [9.17, 15) is 9.59 Å². The van der Waals surface area contributed by atoms with E-state index in [1.54, 1.807) is 0 Å². The summed E-state index contributed by atoms with van der Waals surface area (Å²) in [5.74, 6) is 3.95. The maximum Gasteiger partial charge on any atom is 0.325 e. The maximum absolute atomic E-state index is 11.7. The van der Waals surface area contributed by atoms with E-state index in [-0.39, 0.29) is 17.1 Å². The van der Waals surface area contributed by atoms with Gasteiger partial charge in [-0.1, -0.05) is 6.08 Å². The highest BCUT2D eigenvalue weighted by atomic mass is 16.2. The third-order valence-corrected chi connectivity index (χ3v) is 4.08. The maximum atomic E-state index is 11.7. The van der Waals surface area contributed by atoms with Gasteiger partial charge in [0.25, 0.3) is 0 Å². The van der Waals surface area contributed by atoms with Gasteiger partial charge in [-0.25, -0.2) is 5.84 Å². The Balaban J connectivity index is 2.99. The van der Waals surface area contributed by atoms with E-state index in [0.717, 1.165) is 11.6 Å². The molecule has 0 aromatic heterocycles. The van der Waals surface area contributed by atoms with E-state index >= 15 is 0 Å². The van der Waals surface area contributed by atoms with Crippen LogP contribution in [0, 0.1) is 0 Å². The monoisotopic (exact) mass is 282 g/mol. The van der Waals surface area contributed by atoms with E-state index in [4.69, 9.17) is 11.6 Å². The Morgan fingerprint density at radius 2 is 1.75 bits per heavy atom. The molecule has 0 spiro atoms. The Morgan fingerprint density at radius 3 is 2.10 bits per heavy atom. The van der Waals surface area contributed by atoms with Crippen LogP contribution in [-0.4, -0.2) is 45.4 Å². The Bertz CT molecular complexity index is 399. The van der Waals surface area contributed by atoms with Crippen molar-refractivity contribution in [3.8, 4) is 0 Å². The van der Waals surface area contributed by atoms with Crippen LogP contribution < -0.4 is 11.6 Å². The zero-order chi connectivity index (χ0) is 15.7. The number of amides is 2. The average Bonchev–Trinajstić information content (AvgIpc) is 2.30. The van der Waals surface area contributed by atoms with Gasteiger partial charge in [-0.15, -0.1) is 6.58 Å². The Kier molecular flexibility index (Phi) is 4.61. The van der Waals surface area contributed by atoms with Gasteiger partial charge >= 0.3 is 11.8 Å². The highest BCUT2D eigenvalue weighted by Gasteiger charge is 2.46. The quantitative estimate of drug-likeness (QED) is 0.257. The predicted molar refractivity (Wildman–Crippen MR) is 78.3 cm³/mol. The molecule has 1 heterocycles. The largest absolute Gasteiger partial charge is 0.361 e. The van der Waals surface area contributed by atoms with Crippen molar-refractivity contribution in [2.24, 2.45) is 11.6 Å². The first-order valence-corrected chi connectivity index (χ1v) is 6.79. The standard InChI is InChI=1S/C14H26N4O2/c1-6-7-17-13(2,3)8-10(9-14(17,4)5)18(16)12(20)11(15)19/h6,10H,1,7-9,16H2,2-5H3,(H2,15,19). The first-order valence-electron chi connectivity index (χ1n) is 6.79. The van der Waals surface area contributed by atoms with Crippen LogP contribution in [0.5, 0.6) is 0 Å². The Hall–Kier alpha value is -1.40. The molecule has 1 aliphatic heterocycles. The van der Waals surface area contributed by atoms with Crippen molar-refractivity contribution >= 4 is 11.8 Å². The number of carbonyl (C=O) groups excluding carboxylic acids is 2. The SMILES string of the molecule is C=CCN1C(C)(C)CC(N(N)C(=O)C(N)=O)CC1(C)C. The second kappa shape index (κ2) is 5.54. The minimum atomic E-state index is -1.02. The lowest BCUT2D eigenvalue weighted by Gasteiger charge is -2.56. The van der Waals surface area contributed by atoms with Crippen molar-refractivity contribution in [1.82, 2.24) is 9.91 Å². The molecular formula is C14H26N4O2. The van der Waals surface area contributed by atoms with Crippen LogP contribution in [0.1, 0.15) is 40.5 Å². The molecule has 1 saturated heterocycles. The molecule has 6 heteroatoms. The van der Waals surface area contributed by atoms with Gasteiger partial charge in [-0.05, 0) is 40.5 Å². The molecule has 4 N–H and O–H groups in total. The number of hydrogen-bond donors (Lipinski definition) is 2. The predicted octanol–water partition coefficient (Wildman–Crippen LogP) is 0.382. The fraction of sp³-hybridized carbons (Fsp3) is 0.714. The molecule has 0 bridgehead atoms. The van der Waals surface area contributed by atoms with Gasteiger partial charge in [-0.2, -0.15) is 0 Å². The number of likely N-dealkylation sites (tertiary alicyclic amines) is 1. The summed E-state index contributed by atoms with van der Waals surface area (Å²) in [4.78, 5) is 25.0. The summed E-state index contributed by atoms with van der Waals surface area (Å²) >= 11 is 0. The highest BCUT2D eigenvalue weighted by Crippen LogP contribution is 2.39. The van der Waals surface area contributed by atoms with Crippen LogP contribution >= 0.6 is 0 Å². The third kappa shape index (κ3) is 3.19. The van der Waals surface area contributed by atoms with Crippen molar-refractivity contribution in [3.05, 3.63) is 12.7 Å². The minimum Gasteiger partial charge on any atom is -0.361 e. The summed E-state index contributed by atoms with van der Waals surface area (Å²) in [6.45, 7) is 13.0. The molecule has 20 heavy (non-hydrogen) atoms. The fourth-order valence-electron chi connectivity index (χ4n) is 3.38. The lowest BCUT2D eigenvalue weighted by Crippen LogP contribution is -2.66. The molecule has 6 nitrogen and oxygen atoms in total. The lowest BCUT2D eigenvalue weighted by molar-refractivity contribution is -0.149. The summed E-state index contributed by atoms with van der Waals surface area (Å²) in [6.07, 6.45) is 3.23. The molecule has 0 saturated carbocycles. The average molecular weight is 282 g/mol.